The predicted octanol–water partition coefficient (Wildman–Crippen LogP) is -3.21. The van der Waals surface area contributed by atoms with Crippen LogP contribution in [0.3, 0.4) is 0 Å². The van der Waals surface area contributed by atoms with E-state index in [-0.39, 0.29) is 12.4 Å². The molecule has 2 heterocycles. The van der Waals surface area contributed by atoms with Gasteiger partial charge in [-0.3, -0.25) is 0 Å². The highest BCUT2D eigenvalue weighted by molar-refractivity contribution is 5.32. The Morgan fingerprint density at radius 3 is 2.67 bits per heavy atom. The third-order valence-corrected chi connectivity index (χ3v) is 3.35. The number of rotatable bonds is 3. The second-order valence-electron chi connectivity index (χ2n) is 4.07. The van der Waals surface area contributed by atoms with E-state index >= 15 is 0 Å². The molecule has 1 aliphatic heterocycles. The first kappa shape index (κ1) is 15.2. The zero-order valence-electron chi connectivity index (χ0n) is 10.7. The number of methoxy groups -OCH3 is 2. The summed E-state index contributed by atoms with van der Waals surface area (Å²) in [5, 5.41) is 11.4. The number of quaternary nitrogens is 1. The van der Waals surface area contributed by atoms with E-state index in [0.717, 1.165) is 5.82 Å². The van der Waals surface area contributed by atoms with Crippen molar-refractivity contribution in [2.75, 3.05) is 41.0 Å². The molecule has 102 valence electrons. The molecule has 1 atom stereocenters. The van der Waals surface area contributed by atoms with Crippen molar-refractivity contribution in [2.45, 2.75) is 5.91 Å². The lowest BCUT2D eigenvalue weighted by Crippen LogP contribution is -3.00. The van der Waals surface area contributed by atoms with Crippen LogP contribution in [-0.4, -0.2) is 62.3 Å². The molecule has 18 heavy (non-hydrogen) atoms. The van der Waals surface area contributed by atoms with E-state index < -0.39 is 5.91 Å². The van der Waals surface area contributed by atoms with Crippen LogP contribution >= 0.6 is 0 Å². The van der Waals surface area contributed by atoms with Gasteiger partial charge in [-0.15, -0.1) is 5.10 Å². The Balaban J connectivity index is 0.00000162. The van der Waals surface area contributed by atoms with E-state index in [2.05, 4.69) is 15.4 Å². The molecule has 0 aliphatic carbocycles. The van der Waals surface area contributed by atoms with E-state index in [1.165, 1.54) is 0 Å². The molecule has 1 unspecified atom stereocenters. The van der Waals surface area contributed by atoms with Crippen LogP contribution in [0.25, 0.3) is 0 Å². The minimum absolute atomic E-state index is 0. The van der Waals surface area contributed by atoms with Crippen molar-refractivity contribution >= 4 is 5.82 Å². The summed E-state index contributed by atoms with van der Waals surface area (Å²) in [6.45, 7) is 1.66. The standard InChI is InChI=1S/C10H17N4O3.ClH/c1-14(9-4-5-11-13-12-9)6-7-17-8-10(14,15-2)16-3;/h4-5H,6-8H2,1-3H3;1H/q+1;/p-1. The highest BCUT2D eigenvalue weighted by Crippen LogP contribution is 2.33. The topological polar surface area (TPSA) is 66.4 Å². The van der Waals surface area contributed by atoms with E-state index in [9.17, 15) is 0 Å². The van der Waals surface area contributed by atoms with Gasteiger partial charge in [-0.25, -0.2) is 4.48 Å². The highest BCUT2D eigenvalue weighted by atomic mass is 35.5. The lowest BCUT2D eigenvalue weighted by molar-refractivity contribution is -0.324. The molecule has 0 amide bonds. The fourth-order valence-corrected chi connectivity index (χ4v) is 2.15. The molecule has 0 saturated carbocycles. The number of likely N-dealkylation sites (N-methyl/N-ethyl adjacent to an activating group) is 1. The Morgan fingerprint density at radius 2 is 2.11 bits per heavy atom. The fraction of sp³-hybridized carbons (Fsp3) is 0.700. The largest absolute Gasteiger partial charge is 1.00 e. The summed E-state index contributed by atoms with van der Waals surface area (Å²) in [5.41, 5.74) is 0. The van der Waals surface area contributed by atoms with Crippen LogP contribution in [0.4, 0.5) is 5.82 Å². The zero-order valence-corrected chi connectivity index (χ0v) is 11.4. The first-order chi connectivity index (χ1) is 8.18. The minimum atomic E-state index is -0.895. The first-order valence-corrected chi connectivity index (χ1v) is 5.37. The number of nitrogens with zero attached hydrogens (tertiary/aromatic N) is 4. The van der Waals surface area contributed by atoms with E-state index in [4.69, 9.17) is 14.2 Å². The molecular weight excluding hydrogens is 260 g/mol. The van der Waals surface area contributed by atoms with Crippen LogP contribution in [-0.2, 0) is 14.2 Å². The molecule has 2 rings (SSSR count). The van der Waals surface area contributed by atoms with Gasteiger partial charge in [0.1, 0.15) is 6.54 Å². The number of ether oxygens (including phenoxy) is 3. The van der Waals surface area contributed by atoms with Crippen LogP contribution < -0.4 is 16.9 Å². The first-order valence-electron chi connectivity index (χ1n) is 5.37. The molecule has 0 spiro atoms. The van der Waals surface area contributed by atoms with Gasteiger partial charge in [0.05, 0.1) is 19.9 Å². The Hall–Kier alpha value is -0.860. The van der Waals surface area contributed by atoms with Crippen molar-refractivity contribution in [1.82, 2.24) is 19.9 Å². The molecule has 1 aliphatic rings. The Labute approximate surface area is 112 Å². The predicted molar refractivity (Wildman–Crippen MR) is 60.0 cm³/mol. The van der Waals surface area contributed by atoms with Crippen LogP contribution in [0, 0.1) is 0 Å². The molecule has 0 bridgehead atoms. The van der Waals surface area contributed by atoms with Gasteiger partial charge in [0.25, 0.3) is 5.82 Å². The zero-order chi connectivity index (χ0) is 12.4. The lowest BCUT2D eigenvalue weighted by atomic mass is 10.2. The van der Waals surface area contributed by atoms with Gasteiger partial charge >= 0.3 is 5.91 Å². The molecule has 1 aromatic heterocycles. The maximum absolute atomic E-state index is 5.53. The summed E-state index contributed by atoms with van der Waals surface area (Å²) in [7, 11) is 5.19. The number of aromatic nitrogens is 3. The number of hydrogen-bond acceptors (Lipinski definition) is 6. The SMILES string of the molecule is COC1(OC)COCC[N+]1(C)c1ccnnn1.[Cl-]. The van der Waals surface area contributed by atoms with Gasteiger partial charge in [0.15, 0.2) is 6.61 Å². The van der Waals surface area contributed by atoms with Crippen molar-refractivity contribution < 1.29 is 26.6 Å². The summed E-state index contributed by atoms with van der Waals surface area (Å²) in [4.78, 5) is 0. The van der Waals surface area contributed by atoms with Crippen molar-refractivity contribution in [2.24, 2.45) is 0 Å². The monoisotopic (exact) mass is 276 g/mol. The molecule has 0 radical (unpaired) electrons. The second kappa shape index (κ2) is 5.85. The van der Waals surface area contributed by atoms with Crippen molar-refractivity contribution in [1.29, 1.82) is 0 Å². The highest BCUT2D eigenvalue weighted by Gasteiger charge is 2.55. The van der Waals surface area contributed by atoms with Gasteiger partial charge < -0.3 is 26.6 Å². The van der Waals surface area contributed by atoms with E-state index in [0.29, 0.717) is 24.2 Å². The average molecular weight is 277 g/mol. The Kier molecular flexibility index (Phi) is 4.94. The Morgan fingerprint density at radius 1 is 1.39 bits per heavy atom. The minimum Gasteiger partial charge on any atom is -1.00 e. The van der Waals surface area contributed by atoms with E-state index in [1.807, 2.05) is 13.1 Å². The van der Waals surface area contributed by atoms with E-state index in [1.54, 1.807) is 20.4 Å². The van der Waals surface area contributed by atoms with Crippen LogP contribution in [0.2, 0.25) is 0 Å². The maximum atomic E-state index is 5.53. The molecule has 1 fully saturated rings. The third-order valence-electron chi connectivity index (χ3n) is 3.35. The molecule has 0 N–H and O–H groups in total. The number of halogens is 1. The molecule has 0 aromatic carbocycles. The summed E-state index contributed by atoms with van der Waals surface area (Å²) in [6.07, 6.45) is 1.61. The smallest absolute Gasteiger partial charge is 0.349 e. The van der Waals surface area contributed by atoms with Crippen LogP contribution in [0.15, 0.2) is 12.3 Å². The summed E-state index contributed by atoms with van der Waals surface area (Å²) in [5.74, 6) is -0.152. The summed E-state index contributed by atoms with van der Waals surface area (Å²) < 4.78 is 16.9. The average Bonchev–Trinajstić information content (AvgIpc) is 2.41. The van der Waals surface area contributed by atoms with Crippen molar-refractivity contribution in [3.63, 3.8) is 0 Å². The van der Waals surface area contributed by atoms with Crippen molar-refractivity contribution in [3.05, 3.63) is 12.3 Å². The Bertz CT molecular complexity index is 377. The molecule has 1 saturated heterocycles. The van der Waals surface area contributed by atoms with Crippen molar-refractivity contribution in [3.8, 4) is 0 Å². The maximum Gasteiger partial charge on any atom is 0.349 e. The van der Waals surface area contributed by atoms with Gasteiger partial charge in [-0.05, 0) is 5.21 Å². The van der Waals surface area contributed by atoms with Gasteiger partial charge in [0.2, 0.25) is 0 Å². The normalized spacial score (nSPS) is 26.4. The fourth-order valence-electron chi connectivity index (χ4n) is 2.15. The third kappa shape index (κ3) is 2.19. The quantitative estimate of drug-likeness (QED) is 0.428. The summed E-state index contributed by atoms with van der Waals surface area (Å²) in [6, 6.07) is 1.81. The molecule has 8 heteroatoms. The van der Waals surface area contributed by atoms with Crippen LogP contribution in [0.1, 0.15) is 0 Å². The molecular formula is C10H17ClN4O3. The molecule has 1 aromatic rings. The number of hydrogen-bond donors (Lipinski definition) is 0. The van der Waals surface area contributed by atoms with Gasteiger partial charge in [0, 0.05) is 20.3 Å². The lowest BCUT2D eigenvalue weighted by Gasteiger charge is -2.48. The van der Waals surface area contributed by atoms with Crippen LogP contribution in [0.5, 0.6) is 0 Å². The second-order valence-corrected chi connectivity index (χ2v) is 4.07. The van der Waals surface area contributed by atoms with Gasteiger partial charge in [-0.2, -0.15) is 0 Å². The number of morpholine rings is 1. The van der Waals surface area contributed by atoms with Gasteiger partial charge in [-0.1, -0.05) is 5.10 Å². The summed E-state index contributed by atoms with van der Waals surface area (Å²) >= 11 is 0. The molecule has 7 nitrogen and oxygen atoms in total.